The fourth-order valence-electron chi connectivity index (χ4n) is 1.39. The molecule has 0 aliphatic heterocycles. The van der Waals surface area contributed by atoms with Crippen molar-refractivity contribution in [2.75, 3.05) is 20.3 Å². The van der Waals surface area contributed by atoms with Crippen molar-refractivity contribution in [2.45, 2.75) is 20.0 Å². The second kappa shape index (κ2) is 7.63. The van der Waals surface area contributed by atoms with E-state index in [1.54, 1.807) is 25.3 Å². The summed E-state index contributed by atoms with van der Waals surface area (Å²) in [4.78, 5) is 11.6. The number of benzene rings is 1. The Morgan fingerprint density at radius 1 is 1.32 bits per heavy atom. The lowest BCUT2D eigenvalue weighted by atomic mass is 10.1. The quantitative estimate of drug-likeness (QED) is 0.779. The zero-order chi connectivity index (χ0) is 14.3. The zero-order valence-electron chi connectivity index (χ0n) is 11.6. The molecule has 0 aliphatic rings. The van der Waals surface area contributed by atoms with Gasteiger partial charge in [0, 0.05) is 6.54 Å². The molecular weight excluding hydrogens is 246 g/mol. The van der Waals surface area contributed by atoms with E-state index < -0.39 is 6.10 Å². The summed E-state index contributed by atoms with van der Waals surface area (Å²) < 4.78 is 10.5. The summed E-state index contributed by atoms with van der Waals surface area (Å²) in [5.74, 6) is 0.933. The van der Waals surface area contributed by atoms with Crippen LogP contribution in [0.3, 0.4) is 0 Å². The standard InChI is InChI=1S/C14H21NO4/c1-10(2)11(16)8-15-14(17)9-19-13-7-5-4-6-12(13)18-3/h4-7,10-11,16H,8-9H2,1-3H3,(H,15,17). The van der Waals surface area contributed by atoms with Crippen LogP contribution >= 0.6 is 0 Å². The lowest BCUT2D eigenvalue weighted by Gasteiger charge is -2.15. The normalized spacial score (nSPS) is 12.1. The van der Waals surface area contributed by atoms with Crippen LogP contribution in [0.15, 0.2) is 24.3 Å². The second-order valence-electron chi connectivity index (χ2n) is 4.55. The molecular formula is C14H21NO4. The van der Waals surface area contributed by atoms with Crippen LogP contribution in [0.25, 0.3) is 0 Å². The lowest BCUT2D eigenvalue weighted by molar-refractivity contribution is -0.123. The largest absolute Gasteiger partial charge is 0.493 e. The molecule has 0 radical (unpaired) electrons. The predicted octanol–water partition coefficient (Wildman–Crippen LogP) is 1.21. The third-order valence-electron chi connectivity index (χ3n) is 2.71. The second-order valence-corrected chi connectivity index (χ2v) is 4.55. The Hall–Kier alpha value is -1.75. The van der Waals surface area contributed by atoms with Crippen LogP contribution in [0.4, 0.5) is 0 Å². The first-order valence-corrected chi connectivity index (χ1v) is 6.25. The summed E-state index contributed by atoms with van der Waals surface area (Å²) in [6, 6.07) is 7.12. The molecule has 0 bridgehead atoms. The molecule has 0 saturated carbocycles. The minimum Gasteiger partial charge on any atom is -0.493 e. The molecule has 1 unspecified atom stereocenters. The van der Waals surface area contributed by atoms with E-state index in [0.29, 0.717) is 11.5 Å². The number of aliphatic hydroxyl groups is 1. The van der Waals surface area contributed by atoms with Crippen molar-refractivity contribution >= 4 is 5.91 Å². The topological polar surface area (TPSA) is 67.8 Å². The van der Waals surface area contributed by atoms with E-state index in [4.69, 9.17) is 9.47 Å². The monoisotopic (exact) mass is 267 g/mol. The van der Waals surface area contributed by atoms with E-state index in [9.17, 15) is 9.90 Å². The molecule has 0 aromatic heterocycles. The SMILES string of the molecule is COc1ccccc1OCC(=O)NCC(O)C(C)C. The highest BCUT2D eigenvalue weighted by Gasteiger charge is 2.11. The number of para-hydroxylation sites is 2. The highest BCUT2D eigenvalue weighted by Crippen LogP contribution is 2.25. The van der Waals surface area contributed by atoms with Gasteiger partial charge in [0.2, 0.25) is 0 Å². The van der Waals surface area contributed by atoms with Gasteiger partial charge in [-0.05, 0) is 18.1 Å². The Morgan fingerprint density at radius 3 is 2.53 bits per heavy atom. The number of rotatable bonds is 7. The van der Waals surface area contributed by atoms with Gasteiger partial charge in [-0.2, -0.15) is 0 Å². The summed E-state index contributed by atoms with van der Waals surface area (Å²) >= 11 is 0. The Kier molecular flexibility index (Phi) is 6.15. The highest BCUT2D eigenvalue weighted by molar-refractivity contribution is 5.77. The fourth-order valence-corrected chi connectivity index (χ4v) is 1.39. The minimum absolute atomic E-state index is 0.106. The van der Waals surface area contributed by atoms with Crippen LogP contribution < -0.4 is 14.8 Å². The summed E-state index contributed by atoms with van der Waals surface area (Å²) in [5, 5.41) is 12.2. The smallest absolute Gasteiger partial charge is 0.258 e. The third-order valence-corrected chi connectivity index (χ3v) is 2.71. The first kappa shape index (κ1) is 15.3. The summed E-state index contributed by atoms with van der Waals surface area (Å²) in [7, 11) is 1.54. The van der Waals surface area contributed by atoms with E-state index >= 15 is 0 Å². The molecule has 1 amide bonds. The molecule has 0 fully saturated rings. The first-order valence-electron chi connectivity index (χ1n) is 6.25. The fraction of sp³-hybridized carbons (Fsp3) is 0.500. The van der Waals surface area contributed by atoms with Crippen molar-refractivity contribution in [3.05, 3.63) is 24.3 Å². The average Bonchev–Trinajstić information content (AvgIpc) is 2.42. The first-order chi connectivity index (χ1) is 9.04. The van der Waals surface area contributed by atoms with Gasteiger partial charge in [0.1, 0.15) is 0 Å². The van der Waals surface area contributed by atoms with Crippen molar-refractivity contribution < 1.29 is 19.4 Å². The Labute approximate surface area is 113 Å². The maximum Gasteiger partial charge on any atom is 0.258 e. The highest BCUT2D eigenvalue weighted by atomic mass is 16.5. The number of hydrogen-bond donors (Lipinski definition) is 2. The number of methoxy groups -OCH3 is 1. The molecule has 106 valence electrons. The van der Waals surface area contributed by atoms with Crippen molar-refractivity contribution in [3.8, 4) is 11.5 Å². The molecule has 1 aromatic carbocycles. The van der Waals surface area contributed by atoms with Gasteiger partial charge in [-0.15, -0.1) is 0 Å². The van der Waals surface area contributed by atoms with Crippen LogP contribution in [0.5, 0.6) is 11.5 Å². The van der Waals surface area contributed by atoms with Crippen molar-refractivity contribution in [2.24, 2.45) is 5.92 Å². The molecule has 0 spiro atoms. The summed E-state index contributed by atoms with van der Waals surface area (Å²) in [5.41, 5.74) is 0. The average molecular weight is 267 g/mol. The molecule has 5 nitrogen and oxygen atoms in total. The summed E-state index contributed by atoms with van der Waals surface area (Å²) in [6.07, 6.45) is -0.546. The Bertz CT molecular complexity index is 406. The molecule has 1 atom stereocenters. The molecule has 5 heteroatoms. The lowest BCUT2D eigenvalue weighted by Crippen LogP contribution is -2.37. The van der Waals surface area contributed by atoms with Crippen LogP contribution in [0, 0.1) is 5.92 Å². The molecule has 1 rings (SSSR count). The third kappa shape index (κ3) is 5.18. The van der Waals surface area contributed by atoms with Crippen molar-refractivity contribution in [3.63, 3.8) is 0 Å². The Morgan fingerprint density at radius 2 is 1.95 bits per heavy atom. The predicted molar refractivity (Wildman–Crippen MR) is 72.3 cm³/mol. The zero-order valence-corrected chi connectivity index (χ0v) is 11.6. The maximum atomic E-state index is 11.6. The maximum absolute atomic E-state index is 11.6. The molecule has 2 N–H and O–H groups in total. The van der Waals surface area contributed by atoms with E-state index in [1.807, 2.05) is 19.9 Å². The molecule has 1 aromatic rings. The van der Waals surface area contributed by atoms with Gasteiger partial charge in [-0.3, -0.25) is 4.79 Å². The van der Waals surface area contributed by atoms with Gasteiger partial charge in [-0.1, -0.05) is 26.0 Å². The molecule has 0 aliphatic carbocycles. The Balaban J connectivity index is 2.38. The van der Waals surface area contributed by atoms with Gasteiger partial charge >= 0.3 is 0 Å². The number of amides is 1. The van der Waals surface area contributed by atoms with Crippen molar-refractivity contribution in [1.29, 1.82) is 0 Å². The van der Waals surface area contributed by atoms with Gasteiger partial charge in [0.15, 0.2) is 18.1 Å². The minimum atomic E-state index is -0.546. The number of ether oxygens (including phenoxy) is 2. The molecule has 0 saturated heterocycles. The van der Waals surface area contributed by atoms with Crippen LogP contribution in [0.2, 0.25) is 0 Å². The van der Waals surface area contributed by atoms with E-state index in [1.165, 1.54) is 0 Å². The van der Waals surface area contributed by atoms with Crippen LogP contribution in [0.1, 0.15) is 13.8 Å². The number of nitrogens with one attached hydrogen (secondary N) is 1. The molecule has 19 heavy (non-hydrogen) atoms. The van der Waals surface area contributed by atoms with Crippen LogP contribution in [-0.2, 0) is 4.79 Å². The number of aliphatic hydroxyl groups excluding tert-OH is 1. The van der Waals surface area contributed by atoms with E-state index in [-0.39, 0.29) is 25.0 Å². The molecule has 0 heterocycles. The van der Waals surface area contributed by atoms with E-state index in [0.717, 1.165) is 0 Å². The number of hydrogen-bond acceptors (Lipinski definition) is 4. The van der Waals surface area contributed by atoms with Gasteiger partial charge < -0.3 is 19.9 Å². The van der Waals surface area contributed by atoms with Gasteiger partial charge in [0.05, 0.1) is 13.2 Å². The number of carbonyl (C=O) groups excluding carboxylic acids is 1. The van der Waals surface area contributed by atoms with Crippen LogP contribution in [-0.4, -0.2) is 37.4 Å². The van der Waals surface area contributed by atoms with Gasteiger partial charge in [-0.25, -0.2) is 0 Å². The van der Waals surface area contributed by atoms with Crippen molar-refractivity contribution in [1.82, 2.24) is 5.32 Å². The van der Waals surface area contributed by atoms with E-state index in [2.05, 4.69) is 5.32 Å². The van der Waals surface area contributed by atoms with Gasteiger partial charge in [0.25, 0.3) is 5.91 Å². The number of carbonyl (C=O) groups is 1. The summed E-state index contributed by atoms with van der Waals surface area (Å²) in [6.45, 7) is 3.90.